The normalized spacial score (nSPS) is 11.7. The van der Waals surface area contributed by atoms with Gasteiger partial charge >= 0.3 is 0 Å². The lowest BCUT2D eigenvalue weighted by molar-refractivity contribution is 0.598. The number of nitrogens with two attached hydrogens (primary N) is 2. The second kappa shape index (κ2) is 5.02. The molecule has 0 fully saturated rings. The summed E-state index contributed by atoms with van der Waals surface area (Å²) < 4.78 is 24.4. The number of hydrogen-bond donors (Lipinski definition) is 2. The highest BCUT2D eigenvalue weighted by molar-refractivity contribution is 7.89. The Morgan fingerprint density at radius 3 is 2.68 bits per heavy atom. The molecule has 1 aromatic carbocycles. The van der Waals surface area contributed by atoms with Gasteiger partial charge in [-0.15, -0.1) is 0 Å². The summed E-state index contributed by atoms with van der Waals surface area (Å²) in [5.74, 6) is 0.887. The average molecular weight is 280 g/mol. The summed E-state index contributed by atoms with van der Waals surface area (Å²) >= 11 is 0. The first-order chi connectivity index (χ1) is 8.93. The number of nitrogen functional groups attached to an aromatic ring is 1. The molecule has 0 unspecified atom stereocenters. The predicted octanol–water partition coefficient (Wildman–Crippen LogP) is 1.05. The quantitative estimate of drug-likeness (QED) is 0.817. The Morgan fingerprint density at radius 1 is 1.37 bits per heavy atom. The summed E-state index contributed by atoms with van der Waals surface area (Å²) in [4.78, 5) is 4.26. The van der Waals surface area contributed by atoms with Crippen molar-refractivity contribution in [1.29, 1.82) is 0 Å². The van der Waals surface area contributed by atoms with Crippen molar-refractivity contribution in [1.82, 2.24) is 9.55 Å². The number of imidazole rings is 1. The van der Waals surface area contributed by atoms with Gasteiger partial charge in [-0.3, -0.25) is 0 Å². The summed E-state index contributed by atoms with van der Waals surface area (Å²) in [7, 11) is -3.74. The highest BCUT2D eigenvalue weighted by Gasteiger charge is 2.12. The second-order valence-corrected chi connectivity index (χ2v) is 5.79. The van der Waals surface area contributed by atoms with Crippen LogP contribution in [0.25, 0.3) is 5.69 Å². The summed E-state index contributed by atoms with van der Waals surface area (Å²) in [5, 5.41) is 5.07. The molecule has 0 spiro atoms. The third-order valence-corrected chi connectivity index (χ3v) is 3.69. The smallest absolute Gasteiger partial charge is 0.238 e. The maximum absolute atomic E-state index is 11.3. The van der Waals surface area contributed by atoms with Gasteiger partial charge in [-0.05, 0) is 24.6 Å². The molecule has 6 nitrogen and oxygen atoms in total. The number of anilines is 1. The van der Waals surface area contributed by atoms with Crippen molar-refractivity contribution in [3.05, 3.63) is 36.4 Å². The first-order valence-electron chi connectivity index (χ1n) is 5.88. The second-order valence-electron chi connectivity index (χ2n) is 4.23. The SMILES string of the molecule is CCCc1nccn1-c1ccc(S(N)(=O)=O)cc1N. The number of hydrogen-bond acceptors (Lipinski definition) is 4. The van der Waals surface area contributed by atoms with E-state index in [1.165, 1.54) is 12.1 Å². The zero-order valence-corrected chi connectivity index (χ0v) is 11.4. The number of primary sulfonamides is 1. The maximum atomic E-state index is 11.3. The molecule has 19 heavy (non-hydrogen) atoms. The van der Waals surface area contributed by atoms with Crippen molar-refractivity contribution in [2.75, 3.05) is 5.73 Å². The van der Waals surface area contributed by atoms with Gasteiger partial charge in [-0.1, -0.05) is 6.92 Å². The average Bonchev–Trinajstić information content (AvgIpc) is 2.76. The molecule has 0 atom stereocenters. The molecule has 0 saturated heterocycles. The van der Waals surface area contributed by atoms with E-state index in [-0.39, 0.29) is 4.90 Å². The lowest BCUT2D eigenvalue weighted by atomic mass is 10.2. The van der Waals surface area contributed by atoms with Gasteiger partial charge in [0.2, 0.25) is 10.0 Å². The molecule has 0 aliphatic rings. The van der Waals surface area contributed by atoms with Crippen molar-refractivity contribution in [2.24, 2.45) is 5.14 Å². The van der Waals surface area contributed by atoms with Crippen LogP contribution >= 0.6 is 0 Å². The molecular formula is C12H16N4O2S. The van der Waals surface area contributed by atoms with Gasteiger partial charge < -0.3 is 10.3 Å². The fraction of sp³-hybridized carbons (Fsp3) is 0.250. The van der Waals surface area contributed by atoms with Crippen LogP contribution in [0.15, 0.2) is 35.5 Å². The van der Waals surface area contributed by atoms with E-state index < -0.39 is 10.0 Å². The molecule has 2 aromatic rings. The van der Waals surface area contributed by atoms with Gasteiger partial charge in [0.05, 0.1) is 16.3 Å². The number of benzene rings is 1. The van der Waals surface area contributed by atoms with Crippen LogP contribution < -0.4 is 10.9 Å². The Kier molecular flexibility index (Phi) is 3.59. The molecule has 0 bridgehead atoms. The van der Waals surface area contributed by atoms with Crippen LogP contribution in [-0.4, -0.2) is 18.0 Å². The van der Waals surface area contributed by atoms with E-state index in [2.05, 4.69) is 11.9 Å². The Balaban J connectivity index is 2.49. The largest absolute Gasteiger partial charge is 0.397 e. The molecule has 0 amide bonds. The molecule has 0 radical (unpaired) electrons. The minimum atomic E-state index is -3.74. The van der Waals surface area contributed by atoms with Gasteiger partial charge in [0.15, 0.2) is 0 Å². The summed E-state index contributed by atoms with van der Waals surface area (Å²) in [6, 6.07) is 4.44. The first-order valence-corrected chi connectivity index (χ1v) is 7.43. The molecule has 0 aliphatic carbocycles. The number of sulfonamides is 1. The highest BCUT2D eigenvalue weighted by Crippen LogP contribution is 2.22. The monoisotopic (exact) mass is 280 g/mol. The molecular weight excluding hydrogens is 264 g/mol. The van der Waals surface area contributed by atoms with Crippen molar-refractivity contribution in [3.63, 3.8) is 0 Å². The van der Waals surface area contributed by atoms with E-state index in [1.54, 1.807) is 18.5 Å². The first kappa shape index (κ1) is 13.6. The summed E-state index contributed by atoms with van der Waals surface area (Å²) in [6.07, 6.45) is 5.28. The third kappa shape index (κ3) is 2.77. The zero-order valence-electron chi connectivity index (χ0n) is 10.6. The summed E-state index contributed by atoms with van der Waals surface area (Å²) in [6.45, 7) is 2.06. The Bertz CT molecular complexity index is 692. The van der Waals surface area contributed by atoms with E-state index in [4.69, 9.17) is 10.9 Å². The van der Waals surface area contributed by atoms with E-state index >= 15 is 0 Å². The Morgan fingerprint density at radius 2 is 2.11 bits per heavy atom. The molecule has 102 valence electrons. The van der Waals surface area contributed by atoms with Crippen LogP contribution in [-0.2, 0) is 16.4 Å². The van der Waals surface area contributed by atoms with E-state index in [1.807, 2.05) is 4.57 Å². The van der Waals surface area contributed by atoms with Gasteiger partial charge in [0.25, 0.3) is 0 Å². The Labute approximate surface area is 112 Å². The van der Waals surface area contributed by atoms with Crippen molar-refractivity contribution < 1.29 is 8.42 Å². The lowest BCUT2D eigenvalue weighted by Gasteiger charge is -2.11. The van der Waals surface area contributed by atoms with E-state index in [9.17, 15) is 8.42 Å². The maximum Gasteiger partial charge on any atom is 0.238 e. The van der Waals surface area contributed by atoms with Gasteiger partial charge in [0.1, 0.15) is 5.82 Å². The molecule has 1 heterocycles. The Hall–Kier alpha value is -1.86. The van der Waals surface area contributed by atoms with Crippen LogP contribution in [0.1, 0.15) is 19.2 Å². The van der Waals surface area contributed by atoms with E-state index in [0.717, 1.165) is 18.7 Å². The standard InChI is InChI=1S/C12H16N4O2S/c1-2-3-12-15-6-7-16(12)11-5-4-9(8-10(11)13)19(14,17)18/h4-8H,2-3,13H2,1H3,(H2,14,17,18). The lowest BCUT2D eigenvalue weighted by Crippen LogP contribution is -2.13. The summed E-state index contributed by atoms with van der Waals surface area (Å²) in [5.41, 5.74) is 6.96. The number of rotatable bonds is 4. The molecule has 2 rings (SSSR count). The fourth-order valence-electron chi connectivity index (χ4n) is 1.89. The minimum Gasteiger partial charge on any atom is -0.397 e. The van der Waals surface area contributed by atoms with Gasteiger partial charge in [-0.2, -0.15) is 0 Å². The van der Waals surface area contributed by atoms with Crippen LogP contribution in [0, 0.1) is 0 Å². The molecule has 4 N–H and O–H groups in total. The molecule has 1 aromatic heterocycles. The zero-order chi connectivity index (χ0) is 14.0. The number of nitrogens with zero attached hydrogens (tertiary/aromatic N) is 2. The molecule has 7 heteroatoms. The van der Waals surface area contributed by atoms with Gasteiger partial charge in [0, 0.05) is 18.8 Å². The van der Waals surface area contributed by atoms with Crippen molar-refractivity contribution in [2.45, 2.75) is 24.7 Å². The van der Waals surface area contributed by atoms with Crippen molar-refractivity contribution in [3.8, 4) is 5.69 Å². The highest BCUT2D eigenvalue weighted by atomic mass is 32.2. The third-order valence-electron chi connectivity index (χ3n) is 2.78. The van der Waals surface area contributed by atoms with Crippen LogP contribution in [0.3, 0.4) is 0 Å². The van der Waals surface area contributed by atoms with E-state index in [0.29, 0.717) is 11.4 Å². The topological polar surface area (TPSA) is 104 Å². The number of aromatic nitrogens is 2. The number of aryl methyl sites for hydroxylation is 1. The van der Waals surface area contributed by atoms with Gasteiger partial charge in [-0.25, -0.2) is 18.5 Å². The van der Waals surface area contributed by atoms with Crippen LogP contribution in [0.4, 0.5) is 5.69 Å². The fourth-order valence-corrected chi connectivity index (χ4v) is 2.44. The minimum absolute atomic E-state index is 0.00547. The van der Waals surface area contributed by atoms with Crippen molar-refractivity contribution >= 4 is 15.7 Å². The van der Waals surface area contributed by atoms with Crippen LogP contribution in [0.2, 0.25) is 0 Å². The molecule has 0 aliphatic heterocycles. The molecule has 0 saturated carbocycles. The van der Waals surface area contributed by atoms with Crippen LogP contribution in [0.5, 0.6) is 0 Å². The predicted molar refractivity (Wildman–Crippen MR) is 73.3 cm³/mol.